The fourth-order valence-electron chi connectivity index (χ4n) is 1.25. The maximum absolute atomic E-state index is 13.2. The molecule has 0 heterocycles. The highest BCUT2D eigenvalue weighted by Gasteiger charge is 2.76. The molecule has 0 aromatic rings. The van der Waals surface area contributed by atoms with Gasteiger partial charge in [0.05, 0.1) is 6.54 Å². The zero-order chi connectivity index (χ0) is 23.9. The molecule has 0 aromatic heterocycles. The van der Waals surface area contributed by atoms with Crippen LogP contribution in [0.4, 0.5) is 43.9 Å². The lowest BCUT2D eigenvalue weighted by Crippen LogP contribution is -2.59. The summed E-state index contributed by atoms with van der Waals surface area (Å²) in [4.78, 5) is 11.0. The predicted molar refractivity (Wildman–Crippen MR) is 72.3 cm³/mol. The Labute approximate surface area is 156 Å². The number of ether oxygens (including phenoxy) is 1. The van der Waals surface area contributed by atoms with Crippen LogP contribution in [0.1, 0.15) is 6.92 Å². The Morgan fingerprint density at radius 1 is 0.828 bits per heavy atom. The van der Waals surface area contributed by atoms with Crippen molar-refractivity contribution in [2.45, 2.75) is 29.8 Å². The van der Waals surface area contributed by atoms with Crippen LogP contribution >= 0.6 is 0 Å². The van der Waals surface area contributed by atoms with E-state index in [4.69, 9.17) is 0 Å². The van der Waals surface area contributed by atoms with Gasteiger partial charge in [-0.25, -0.2) is 21.6 Å². The average molecular weight is 493 g/mol. The zero-order valence-electron chi connectivity index (χ0n) is 13.6. The molecule has 0 aliphatic heterocycles. The van der Waals surface area contributed by atoms with E-state index in [1.54, 1.807) is 0 Å². The number of carbonyl (C=O) groups excluding carboxylic acids is 1. The molecular formula is C10H9F10NO6S2. The monoisotopic (exact) mass is 493 g/mol. The maximum atomic E-state index is 13.2. The minimum Gasteiger partial charge on any atom is -0.461 e. The standard InChI is InChI=1S/C10H9F10NO6S2/c1-5(2)6(22)27-4-3-21(28(23,24)9(17,18)7(11,12)13)29(25,26)10(19,20)8(14,15)16/h1,3-4H2,2H3. The van der Waals surface area contributed by atoms with Crippen molar-refractivity contribution in [2.75, 3.05) is 13.2 Å². The number of halogens is 10. The van der Waals surface area contributed by atoms with E-state index < -0.39 is 71.3 Å². The summed E-state index contributed by atoms with van der Waals surface area (Å²) in [5.74, 6) is -1.52. The number of rotatable bonds is 8. The van der Waals surface area contributed by atoms with Gasteiger partial charge in [-0.3, -0.25) is 0 Å². The van der Waals surface area contributed by atoms with Crippen LogP contribution in [0.15, 0.2) is 12.2 Å². The highest BCUT2D eigenvalue weighted by Crippen LogP contribution is 2.46. The molecular weight excluding hydrogens is 484 g/mol. The van der Waals surface area contributed by atoms with Crippen molar-refractivity contribution < 1.29 is 70.3 Å². The van der Waals surface area contributed by atoms with Gasteiger partial charge in [0.15, 0.2) is 0 Å². The van der Waals surface area contributed by atoms with Gasteiger partial charge in [-0.15, -0.1) is 0 Å². The van der Waals surface area contributed by atoms with Crippen molar-refractivity contribution in [1.29, 1.82) is 0 Å². The first-order valence-electron chi connectivity index (χ1n) is 6.45. The Bertz CT molecular complexity index is 802. The molecule has 0 saturated heterocycles. The molecule has 0 fully saturated rings. The molecule has 0 N–H and O–H groups in total. The molecule has 7 nitrogen and oxygen atoms in total. The van der Waals surface area contributed by atoms with Gasteiger partial charge in [0.25, 0.3) is 0 Å². The van der Waals surface area contributed by atoms with E-state index in [0.29, 0.717) is 0 Å². The Morgan fingerprint density at radius 2 is 1.14 bits per heavy atom. The van der Waals surface area contributed by atoms with Crippen LogP contribution in [-0.4, -0.2) is 62.5 Å². The largest absolute Gasteiger partial charge is 0.471 e. The summed E-state index contributed by atoms with van der Waals surface area (Å²) in [5.41, 5.74) is -0.511. The van der Waals surface area contributed by atoms with E-state index in [0.717, 1.165) is 6.92 Å². The van der Waals surface area contributed by atoms with Gasteiger partial charge >= 0.3 is 48.9 Å². The topological polar surface area (TPSA) is 97.8 Å². The summed E-state index contributed by atoms with van der Waals surface area (Å²) in [6.07, 6.45) is -14.2. The second kappa shape index (κ2) is 7.89. The molecule has 0 spiro atoms. The third-order valence-corrected chi connectivity index (χ3v) is 7.07. The lowest BCUT2D eigenvalue weighted by atomic mass is 10.4. The van der Waals surface area contributed by atoms with Gasteiger partial charge in [-0.05, 0) is 6.92 Å². The first kappa shape index (κ1) is 27.4. The third kappa shape index (κ3) is 4.93. The molecule has 0 saturated carbocycles. The summed E-state index contributed by atoms with van der Waals surface area (Å²) in [6, 6.07) is 0. The van der Waals surface area contributed by atoms with Crippen LogP contribution in [0.25, 0.3) is 0 Å². The van der Waals surface area contributed by atoms with Gasteiger partial charge in [0, 0.05) is 5.57 Å². The SMILES string of the molecule is C=C(C)C(=O)OCCN(S(=O)(=O)C(F)(F)C(F)(F)F)S(=O)(=O)C(F)(F)C(F)(F)F. The molecule has 0 aliphatic rings. The smallest absolute Gasteiger partial charge is 0.461 e. The lowest BCUT2D eigenvalue weighted by molar-refractivity contribution is -0.244. The molecule has 0 unspecified atom stereocenters. The first-order valence-corrected chi connectivity index (χ1v) is 9.33. The highest BCUT2D eigenvalue weighted by atomic mass is 32.3. The van der Waals surface area contributed by atoms with Gasteiger partial charge in [0.2, 0.25) is 0 Å². The summed E-state index contributed by atoms with van der Waals surface area (Å²) >= 11 is 0. The number of sulfonamides is 2. The van der Waals surface area contributed by atoms with Crippen molar-refractivity contribution in [1.82, 2.24) is 3.71 Å². The molecule has 0 bridgehead atoms. The summed E-state index contributed by atoms with van der Waals surface area (Å²) in [7, 11) is -15.6. The lowest BCUT2D eigenvalue weighted by Gasteiger charge is -2.30. The summed E-state index contributed by atoms with van der Waals surface area (Å²) in [6.45, 7) is -0.406. The zero-order valence-corrected chi connectivity index (χ0v) is 15.2. The van der Waals surface area contributed by atoms with Crippen LogP contribution in [0.5, 0.6) is 0 Å². The molecule has 0 aromatic carbocycles. The van der Waals surface area contributed by atoms with Crippen LogP contribution < -0.4 is 0 Å². The van der Waals surface area contributed by atoms with Gasteiger partial charge in [0.1, 0.15) is 6.61 Å². The third-order valence-electron chi connectivity index (χ3n) is 2.70. The first-order chi connectivity index (χ1) is 12.5. The number of hydrogen-bond acceptors (Lipinski definition) is 6. The molecule has 19 heteroatoms. The average Bonchev–Trinajstić information content (AvgIpc) is 2.47. The van der Waals surface area contributed by atoms with Gasteiger partial charge in [-0.1, -0.05) is 10.3 Å². The normalized spacial score (nSPS) is 14.8. The van der Waals surface area contributed by atoms with E-state index in [1.807, 2.05) is 0 Å². The van der Waals surface area contributed by atoms with E-state index in [2.05, 4.69) is 11.3 Å². The number of hydrogen-bond donors (Lipinski definition) is 0. The summed E-state index contributed by atoms with van der Waals surface area (Å²) in [5, 5.41) is -14.2. The fourth-order valence-corrected chi connectivity index (χ4v) is 4.58. The van der Waals surface area contributed by atoms with E-state index in [1.165, 1.54) is 0 Å². The molecule has 0 radical (unpaired) electrons. The van der Waals surface area contributed by atoms with Crippen LogP contribution in [0.3, 0.4) is 0 Å². The van der Waals surface area contributed by atoms with E-state index in [-0.39, 0.29) is 0 Å². The van der Waals surface area contributed by atoms with Crippen molar-refractivity contribution in [3.8, 4) is 0 Å². The molecule has 0 rings (SSSR count). The Hall–Kier alpha value is -1.63. The van der Waals surface area contributed by atoms with Crippen molar-refractivity contribution >= 4 is 26.0 Å². The van der Waals surface area contributed by atoms with Crippen LogP contribution in [0.2, 0.25) is 0 Å². The Kier molecular flexibility index (Phi) is 7.45. The van der Waals surface area contributed by atoms with Gasteiger partial charge < -0.3 is 4.74 Å². The minimum atomic E-state index is -7.78. The number of nitrogens with zero attached hydrogens (tertiary/aromatic N) is 1. The molecule has 0 amide bonds. The molecule has 172 valence electrons. The second-order valence-electron chi connectivity index (χ2n) is 4.95. The quantitative estimate of drug-likeness (QED) is 0.293. The maximum Gasteiger partial charge on any atom is 0.471 e. The Balaban J connectivity index is 6.53. The second-order valence-corrected chi connectivity index (χ2v) is 8.99. The van der Waals surface area contributed by atoms with Gasteiger partial charge in [-0.2, -0.15) is 43.9 Å². The van der Waals surface area contributed by atoms with Crippen molar-refractivity contribution in [3.63, 3.8) is 0 Å². The van der Waals surface area contributed by atoms with Crippen LogP contribution in [-0.2, 0) is 29.6 Å². The summed E-state index contributed by atoms with van der Waals surface area (Å²) < 4.78 is 174. The van der Waals surface area contributed by atoms with E-state index >= 15 is 0 Å². The number of alkyl halides is 10. The number of esters is 1. The fraction of sp³-hybridized carbons (Fsp3) is 0.700. The van der Waals surface area contributed by atoms with E-state index in [9.17, 15) is 65.5 Å². The number of carbonyl (C=O) groups is 1. The minimum absolute atomic E-state index is 0.511. The highest BCUT2D eigenvalue weighted by molar-refractivity contribution is 8.05. The van der Waals surface area contributed by atoms with Crippen molar-refractivity contribution in [3.05, 3.63) is 12.2 Å². The molecule has 0 aliphatic carbocycles. The van der Waals surface area contributed by atoms with Crippen LogP contribution in [0, 0.1) is 0 Å². The van der Waals surface area contributed by atoms with Crippen molar-refractivity contribution in [2.24, 2.45) is 0 Å². The predicted octanol–water partition coefficient (Wildman–Crippen LogP) is 2.38. The Morgan fingerprint density at radius 3 is 1.38 bits per heavy atom. The molecule has 29 heavy (non-hydrogen) atoms. The molecule has 0 atom stereocenters.